The molecular weight excluding hydrogens is 332 g/mol. The van der Waals surface area contributed by atoms with Crippen LogP contribution >= 0.6 is 0 Å². The highest BCUT2D eigenvalue weighted by atomic mass is 16.5. The van der Waals surface area contributed by atoms with Gasteiger partial charge in [0.2, 0.25) is 0 Å². The van der Waals surface area contributed by atoms with E-state index >= 15 is 0 Å². The highest BCUT2D eigenvalue weighted by Crippen LogP contribution is 2.29. The number of benzene rings is 2. The number of terminal acetylenes is 1. The number of rotatable bonds is 8. The van der Waals surface area contributed by atoms with Crippen molar-refractivity contribution < 1.29 is 23.7 Å². The minimum atomic E-state index is -0.194. The van der Waals surface area contributed by atoms with Gasteiger partial charge in [0.15, 0.2) is 17.3 Å². The van der Waals surface area contributed by atoms with Crippen LogP contribution in [-0.4, -0.2) is 33.7 Å². The molecule has 2 rings (SSSR count). The van der Waals surface area contributed by atoms with Gasteiger partial charge < -0.3 is 18.9 Å². The van der Waals surface area contributed by atoms with Crippen LogP contribution < -0.4 is 18.9 Å². The zero-order valence-electron chi connectivity index (χ0n) is 14.9. The first-order valence-electron chi connectivity index (χ1n) is 7.81. The molecule has 0 saturated carbocycles. The fraction of sp³-hybridized carbons (Fsp3) is 0.190. The SMILES string of the molecule is C#CCOc1ccc(C(=O)/C=C/c2ccc(OC)c(OC)c2)c(OC)c1. The van der Waals surface area contributed by atoms with Gasteiger partial charge in [0.1, 0.15) is 18.1 Å². The first-order chi connectivity index (χ1) is 12.6. The molecule has 0 unspecified atom stereocenters. The lowest BCUT2D eigenvalue weighted by Gasteiger charge is -2.09. The highest BCUT2D eigenvalue weighted by Gasteiger charge is 2.11. The van der Waals surface area contributed by atoms with Gasteiger partial charge in [-0.25, -0.2) is 0 Å². The number of methoxy groups -OCH3 is 3. The second-order valence-corrected chi connectivity index (χ2v) is 5.17. The fourth-order valence-corrected chi connectivity index (χ4v) is 2.31. The predicted molar refractivity (Wildman–Crippen MR) is 100 cm³/mol. The van der Waals surface area contributed by atoms with Crippen LogP contribution in [-0.2, 0) is 0 Å². The Kier molecular flexibility index (Phi) is 6.69. The van der Waals surface area contributed by atoms with Crippen molar-refractivity contribution in [3.8, 4) is 35.3 Å². The number of ether oxygens (including phenoxy) is 4. The molecule has 0 N–H and O–H groups in total. The van der Waals surface area contributed by atoms with Gasteiger partial charge in [0.05, 0.1) is 26.9 Å². The molecule has 0 heterocycles. The standard InChI is InChI=1S/C21H20O5/c1-5-12-26-16-8-9-17(20(14-16)24-3)18(22)10-6-15-7-11-19(23-2)21(13-15)25-4/h1,6-11,13-14H,12H2,2-4H3/b10-6+. The lowest BCUT2D eigenvalue weighted by atomic mass is 10.1. The number of hydrogen-bond acceptors (Lipinski definition) is 5. The third-order valence-corrected chi connectivity index (χ3v) is 3.60. The van der Waals surface area contributed by atoms with Crippen molar-refractivity contribution >= 4 is 11.9 Å². The summed E-state index contributed by atoms with van der Waals surface area (Å²) in [7, 11) is 4.63. The van der Waals surface area contributed by atoms with Crippen molar-refractivity contribution in [1.82, 2.24) is 0 Å². The molecule has 2 aromatic carbocycles. The Morgan fingerprint density at radius 2 is 1.73 bits per heavy atom. The summed E-state index contributed by atoms with van der Waals surface area (Å²) in [6.45, 7) is 0.148. The van der Waals surface area contributed by atoms with E-state index in [2.05, 4.69) is 5.92 Å². The summed E-state index contributed by atoms with van der Waals surface area (Å²) in [5.74, 6) is 4.37. The van der Waals surface area contributed by atoms with E-state index in [4.69, 9.17) is 25.4 Å². The number of carbonyl (C=O) groups excluding carboxylic acids is 1. The molecular formula is C21H20O5. The van der Waals surface area contributed by atoms with Crippen molar-refractivity contribution in [1.29, 1.82) is 0 Å². The van der Waals surface area contributed by atoms with Gasteiger partial charge in [0.25, 0.3) is 0 Å². The second-order valence-electron chi connectivity index (χ2n) is 5.17. The maximum absolute atomic E-state index is 12.5. The van der Waals surface area contributed by atoms with Gasteiger partial charge in [0, 0.05) is 6.07 Å². The Hall–Kier alpha value is -3.39. The van der Waals surface area contributed by atoms with E-state index in [0.717, 1.165) is 5.56 Å². The van der Waals surface area contributed by atoms with Crippen LogP contribution in [0.2, 0.25) is 0 Å². The molecule has 0 aliphatic heterocycles. The molecule has 2 aromatic rings. The Morgan fingerprint density at radius 1 is 1.00 bits per heavy atom. The summed E-state index contributed by atoms with van der Waals surface area (Å²) in [6.07, 6.45) is 8.35. The number of carbonyl (C=O) groups is 1. The summed E-state index contributed by atoms with van der Waals surface area (Å²) in [4.78, 5) is 12.5. The first-order valence-corrected chi connectivity index (χ1v) is 7.81. The maximum atomic E-state index is 12.5. The van der Waals surface area contributed by atoms with Crippen molar-refractivity contribution in [3.63, 3.8) is 0 Å². The smallest absolute Gasteiger partial charge is 0.189 e. The third-order valence-electron chi connectivity index (χ3n) is 3.60. The predicted octanol–water partition coefficient (Wildman–Crippen LogP) is 3.62. The average Bonchev–Trinajstić information content (AvgIpc) is 2.69. The molecule has 0 bridgehead atoms. The zero-order chi connectivity index (χ0) is 18.9. The van der Waals surface area contributed by atoms with E-state index < -0.39 is 0 Å². The largest absolute Gasteiger partial charge is 0.496 e. The molecule has 0 saturated heterocycles. The Morgan fingerprint density at radius 3 is 2.38 bits per heavy atom. The summed E-state index contributed by atoms with van der Waals surface area (Å²) in [5, 5.41) is 0. The Balaban J connectivity index is 2.21. The summed E-state index contributed by atoms with van der Waals surface area (Å²) < 4.78 is 21.1. The third kappa shape index (κ3) is 4.58. The maximum Gasteiger partial charge on any atom is 0.189 e. The van der Waals surface area contributed by atoms with Crippen molar-refractivity contribution in [2.45, 2.75) is 0 Å². The van der Waals surface area contributed by atoms with Crippen LogP contribution in [0.1, 0.15) is 15.9 Å². The topological polar surface area (TPSA) is 54.0 Å². The normalized spacial score (nSPS) is 10.2. The zero-order valence-corrected chi connectivity index (χ0v) is 14.9. The van der Waals surface area contributed by atoms with Crippen molar-refractivity contribution in [2.75, 3.05) is 27.9 Å². The second kappa shape index (κ2) is 9.19. The highest BCUT2D eigenvalue weighted by molar-refractivity contribution is 6.08. The summed E-state index contributed by atoms with van der Waals surface area (Å²) >= 11 is 0. The van der Waals surface area contributed by atoms with E-state index in [1.165, 1.54) is 13.2 Å². The molecule has 0 atom stereocenters. The minimum Gasteiger partial charge on any atom is -0.496 e. The average molecular weight is 352 g/mol. The van der Waals surface area contributed by atoms with Gasteiger partial charge >= 0.3 is 0 Å². The van der Waals surface area contributed by atoms with E-state index in [1.807, 2.05) is 6.07 Å². The lowest BCUT2D eigenvalue weighted by molar-refractivity contribution is 0.104. The number of hydrogen-bond donors (Lipinski definition) is 0. The number of allylic oxidation sites excluding steroid dienone is 1. The molecule has 134 valence electrons. The molecule has 0 fully saturated rings. The van der Waals surface area contributed by atoms with Crippen molar-refractivity contribution in [2.24, 2.45) is 0 Å². The van der Waals surface area contributed by atoms with E-state index in [1.54, 1.807) is 50.6 Å². The Labute approximate surface area is 153 Å². The molecule has 26 heavy (non-hydrogen) atoms. The van der Waals surface area contributed by atoms with Gasteiger partial charge in [-0.05, 0) is 35.9 Å². The van der Waals surface area contributed by atoms with Crippen LogP contribution in [0.4, 0.5) is 0 Å². The van der Waals surface area contributed by atoms with Crippen molar-refractivity contribution in [3.05, 3.63) is 53.6 Å². The van der Waals surface area contributed by atoms with Gasteiger partial charge in [-0.15, -0.1) is 6.42 Å². The number of ketones is 1. The molecule has 0 spiro atoms. The summed E-state index contributed by atoms with van der Waals surface area (Å²) in [5.41, 5.74) is 1.24. The van der Waals surface area contributed by atoms with E-state index in [9.17, 15) is 4.79 Å². The molecule has 0 aliphatic rings. The lowest BCUT2D eigenvalue weighted by Crippen LogP contribution is -2.01. The molecule has 5 nitrogen and oxygen atoms in total. The molecule has 0 radical (unpaired) electrons. The van der Waals surface area contributed by atoms with Gasteiger partial charge in [-0.1, -0.05) is 18.1 Å². The minimum absolute atomic E-state index is 0.148. The first kappa shape index (κ1) is 18.9. The van der Waals surface area contributed by atoms with Gasteiger partial charge in [-0.2, -0.15) is 0 Å². The molecule has 5 heteroatoms. The van der Waals surface area contributed by atoms with Crippen LogP contribution in [0.25, 0.3) is 6.08 Å². The van der Waals surface area contributed by atoms with Crippen LogP contribution in [0, 0.1) is 12.3 Å². The van der Waals surface area contributed by atoms with Crippen LogP contribution in [0.5, 0.6) is 23.0 Å². The van der Waals surface area contributed by atoms with Gasteiger partial charge in [-0.3, -0.25) is 4.79 Å². The Bertz CT molecular complexity index is 846. The molecule has 0 aliphatic carbocycles. The molecule has 0 amide bonds. The summed E-state index contributed by atoms with van der Waals surface area (Å²) in [6, 6.07) is 10.4. The van der Waals surface area contributed by atoms with E-state index in [0.29, 0.717) is 28.6 Å². The van der Waals surface area contributed by atoms with Crippen LogP contribution in [0.15, 0.2) is 42.5 Å². The molecule has 0 aromatic heterocycles. The monoisotopic (exact) mass is 352 g/mol. The van der Waals surface area contributed by atoms with Crippen LogP contribution in [0.3, 0.4) is 0 Å². The van der Waals surface area contributed by atoms with E-state index in [-0.39, 0.29) is 12.4 Å². The quantitative estimate of drug-likeness (QED) is 0.413. The fourth-order valence-electron chi connectivity index (χ4n) is 2.31.